The molecule has 1 aliphatic rings. The standard InChI is InChI=1S/C17H18ClN7O/c18-13-7-5-12(6-8-13)17-21-23-24(22-17)11-16(26)20-15-9-10-19-25(15)14-3-1-2-4-14/h5-10,14H,1-4,11H2,(H,20,26). The number of anilines is 1. The fourth-order valence-corrected chi connectivity index (χ4v) is 3.31. The Balaban J connectivity index is 1.41. The Morgan fingerprint density at radius 3 is 2.73 bits per heavy atom. The monoisotopic (exact) mass is 371 g/mol. The van der Waals surface area contributed by atoms with Gasteiger partial charge >= 0.3 is 0 Å². The van der Waals surface area contributed by atoms with Gasteiger partial charge in [-0.15, -0.1) is 10.2 Å². The van der Waals surface area contributed by atoms with Crippen LogP contribution in [-0.2, 0) is 11.3 Å². The Morgan fingerprint density at radius 1 is 1.19 bits per heavy atom. The molecule has 0 bridgehead atoms. The fourth-order valence-electron chi connectivity index (χ4n) is 3.19. The number of carbonyl (C=O) groups excluding carboxylic acids is 1. The molecular formula is C17H18ClN7O. The van der Waals surface area contributed by atoms with Crippen molar-refractivity contribution in [2.45, 2.75) is 38.3 Å². The molecule has 0 unspecified atom stereocenters. The lowest BCUT2D eigenvalue weighted by Gasteiger charge is -2.14. The van der Waals surface area contributed by atoms with Crippen molar-refractivity contribution < 1.29 is 4.79 Å². The molecule has 2 heterocycles. The Bertz CT molecular complexity index is 896. The van der Waals surface area contributed by atoms with Gasteiger partial charge in [0.1, 0.15) is 12.4 Å². The van der Waals surface area contributed by atoms with Crippen molar-refractivity contribution in [1.29, 1.82) is 0 Å². The molecule has 1 saturated carbocycles. The molecule has 8 nitrogen and oxygen atoms in total. The summed E-state index contributed by atoms with van der Waals surface area (Å²) in [6.45, 7) is -0.0174. The van der Waals surface area contributed by atoms with Gasteiger partial charge < -0.3 is 5.32 Å². The molecule has 0 atom stereocenters. The number of carbonyl (C=O) groups is 1. The first-order valence-corrected chi connectivity index (χ1v) is 8.94. The zero-order valence-electron chi connectivity index (χ0n) is 14.0. The van der Waals surface area contributed by atoms with Gasteiger partial charge in [-0.1, -0.05) is 24.4 Å². The average molecular weight is 372 g/mol. The minimum Gasteiger partial charge on any atom is -0.309 e. The maximum atomic E-state index is 12.3. The van der Waals surface area contributed by atoms with Crippen LogP contribution in [0.4, 0.5) is 5.82 Å². The number of rotatable bonds is 5. The van der Waals surface area contributed by atoms with E-state index in [1.807, 2.05) is 22.9 Å². The first-order valence-electron chi connectivity index (χ1n) is 8.56. The van der Waals surface area contributed by atoms with E-state index in [2.05, 4.69) is 25.8 Å². The van der Waals surface area contributed by atoms with Crippen molar-refractivity contribution in [3.63, 3.8) is 0 Å². The summed E-state index contributed by atoms with van der Waals surface area (Å²) in [7, 11) is 0. The summed E-state index contributed by atoms with van der Waals surface area (Å²) in [6.07, 6.45) is 6.31. The van der Waals surface area contributed by atoms with E-state index in [1.165, 1.54) is 17.6 Å². The van der Waals surface area contributed by atoms with Crippen LogP contribution in [0.1, 0.15) is 31.7 Å². The Morgan fingerprint density at radius 2 is 1.96 bits per heavy atom. The number of benzene rings is 1. The summed E-state index contributed by atoms with van der Waals surface area (Å²) in [6, 6.07) is 9.31. The zero-order valence-corrected chi connectivity index (χ0v) is 14.8. The molecule has 9 heteroatoms. The summed E-state index contributed by atoms with van der Waals surface area (Å²) >= 11 is 5.88. The highest BCUT2D eigenvalue weighted by Crippen LogP contribution is 2.31. The molecule has 0 saturated heterocycles. The van der Waals surface area contributed by atoms with Crippen LogP contribution in [0.2, 0.25) is 5.02 Å². The van der Waals surface area contributed by atoms with Crippen molar-refractivity contribution in [3.05, 3.63) is 41.6 Å². The smallest absolute Gasteiger partial charge is 0.249 e. The molecule has 0 aliphatic heterocycles. The van der Waals surface area contributed by atoms with E-state index in [0.29, 0.717) is 22.7 Å². The fraction of sp³-hybridized carbons (Fsp3) is 0.353. The highest BCUT2D eigenvalue weighted by Gasteiger charge is 2.20. The van der Waals surface area contributed by atoms with Gasteiger partial charge in [0, 0.05) is 16.7 Å². The molecule has 3 aromatic rings. The molecule has 0 radical (unpaired) electrons. The Kier molecular flexibility index (Phi) is 4.66. The van der Waals surface area contributed by atoms with Gasteiger partial charge in [-0.3, -0.25) is 4.79 Å². The summed E-state index contributed by atoms with van der Waals surface area (Å²) in [5.41, 5.74) is 0.792. The van der Waals surface area contributed by atoms with E-state index in [1.54, 1.807) is 18.3 Å². The van der Waals surface area contributed by atoms with Crippen molar-refractivity contribution in [2.24, 2.45) is 0 Å². The third-order valence-electron chi connectivity index (χ3n) is 4.45. The SMILES string of the molecule is O=C(Cn1nnc(-c2ccc(Cl)cc2)n1)Nc1ccnn1C1CCCC1. The number of nitrogens with zero attached hydrogens (tertiary/aromatic N) is 6. The first kappa shape index (κ1) is 16.7. The second kappa shape index (κ2) is 7.25. The number of hydrogen-bond donors (Lipinski definition) is 1. The largest absolute Gasteiger partial charge is 0.309 e. The van der Waals surface area contributed by atoms with Crippen molar-refractivity contribution in [2.75, 3.05) is 5.32 Å². The number of aromatic nitrogens is 6. The van der Waals surface area contributed by atoms with Gasteiger partial charge in [-0.05, 0) is 42.3 Å². The van der Waals surface area contributed by atoms with Gasteiger partial charge in [0.2, 0.25) is 11.7 Å². The van der Waals surface area contributed by atoms with Gasteiger partial charge in [-0.25, -0.2) is 4.68 Å². The highest BCUT2D eigenvalue weighted by atomic mass is 35.5. The summed E-state index contributed by atoms with van der Waals surface area (Å²) in [4.78, 5) is 13.6. The lowest BCUT2D eigenvalue weighted by molar-refractivity contribution is -0.117. The third kappa shape index (κ3) is 3.60. The number of tetrazole rings is 1. The highest BCUT2D eigenvalue weighted by molar-refractivity contribution is 6.30. The second-order valence-electron chi connectivity index (χ2n) is 6.30. The topological polar surface area (TPSA) is 90.5 Å². The van der Waals surface area contributed by atoms with E-state index in [0.717, 1.165) is 18.4 Å². The summed E-state index contributed by atoms with van der Waals surface area (Å²) in [5, 5.41) is 20.1. The minimum atomic E-state index is -0.218. The van der Waals surface area contributed by atoms with Gasteiger partial charge in [-0.2, -0.15) is 9.90 Å². The second-order valence-corrected chi connectivity index (χ2v) is 6.73. The van der Waals surface area contributed by atoms with E-state index in [-0.39, 0.29) is 12.5 Å². The molecule has 0 spiro atoms. The molecule has 1 aliphatic carbocycles. The molecule has 1 amide bonds. The lowest BCUT2D eigenvalue weighted by atomic mass is 10.2. The maximum absolute atomic E-state index is 12.3. The third-order valence-corrected chi connectivity index (χ3v) is 4.70. The molecular weight excluding hydrogens is 354 g/mol. The van der Waals surface area contributed by atoms with E-state index >= 15 is 0 Å². The van der Waals surface area contributed by atoms with E-state index in [4.69, 9.17) is 11.6 Å². The quantitative estimate of drug-likeness (QED) is 0.744. The minimum absolute atomic E-state index is 0.0174. The predicted octanol–water partition coefficient (Wildman–Crippen LogP) is 2.94. The molecule has 4 rings (SSSR count). The van der Waals surface area contributed by atoms with Gasteiger partial charge in [0.05, 0.1) is 12.2 Å². The molecule has 1 fully saturated rings. The molecule has 134 valence electrons. The molecule has 2 aromatic heterocycles. The number of nitrogens with one attached hydrogen (secondary N) is 1. The van der Waals surface area contributed by atoms with Crippen LogP contribution < -0.4 is 5.32 Å². The van der Waals surface area contributed by atoms with Crippen LogP contribution >= 0.6 is 11.6 Å². The van der Waals surface area contributed by atoms with Crippen LogP contribution in [0, 0.1) is 0 Å². The van der Waals surface area contributed by atoms with Crippen molar-refractivity contribution >= 4 is 23.3 Å². The van der Waals surface area contributed by atoms with Crippen LogP contribution in [-0.4, -0.2) is 35.9 Å². The van der Waals surface area contributed by atoms with Crippen LogP contribution in [0.3, 0.4) is 0 Å². The predicted molar refractivity (Wildman–Crippen MR) is 96.6 cm³/mol. The van der Waals surface area contributed by atoms with Crippen LogP contribution in [0.5, 0.6) is 0 Å². The Labute approximate surface area is 155 Å². The number of hydrogen-bond acceptors (Lipinski definition) is 5. The van der Waals surface area contributed by atoms with E-state index < -0.39 is 0 Å². The molecule has 26 heavy (non-hydrogen) atoms. The van der Waals surface area contributed by atoms with E-state index in [9.17, 15) is 4.79 Å². The number of amides is 1. The number of halogens is 1. The molecule has 1 aromatic carbocycles. The maximum Gasteiger partial charge on any atom is 0.249 e. The summed E-state index contributed by atoms with van der Waals surface area (Å²) in [5.74, 6) is 0.940. The zero-order chi connectivity index (χ0) is 17.9. The average Bonchev–Trinajstić information content (AvgIpc) is 3.36. The lowest BCUT2D eigenvalue weighted by Crippen LogP contribution is -2.23. The van der Waals surface area contributed by atoms with Crippen LogP contribution in [0.15, 0.2) is 36.5 Å². The van der Waals surface area contributed by atoms with Crippen molar-refractivity contribution in [3.8, 4) is 11.4 Å². The molecule has 1 N–H and O–H groups in total. The van der Waals surface area contributed by atoms with Crippen molar-refractivity contribution in [1.82, 2.24) is 30.0 Å². The van der Waals surface area contributed by atoms with Gasteiger partial charge in [0.25, 0.3) is 0 Å². The first-order chi connectivity index (χ1) is 12.7. The Hall–Kier alpha value is -2.74. The van der Waals surface area contributed by atoms with Crippen LogP contribution in [0.25, 0.3) is 11.4 Å². The van der Waals surface area contributed by atoms with Gasteiger partial charge in [0.15, 0.2) is 0 Å². The summed E-state index contributed by atoms with van der Waals surface area (Å²) < 4.78 is 1.90. The normalized spacial score (nSPS) is 14.7.